The number of hydrogen-bond acceptors (Lipinski definition) is 3. The van der Waals surface area contributed by atoms with Gasteiger partial charge in [-0.05, 0) is 19.8 Å². The molecule has 0 amide bonds. The van der Waals surface area contributed by atoms with Gasteiger partial charge in [-0.2, -0.15) is 0 Å². The molecule has 0 saturated heterocycles. The average molecular weight is 181 g/mol. The molecule has 2 rings (SSSR count). The molecule has 1 aromatic rings. The Morgan fingerprint density at radius 1 is 1.77 bits per heavy atom. The fourth-order valence-corrected chi connectivity index (χ4v) is 1.14. The van der Waals surface area contributed by atoms with E-state index in [1.54, 1.807) is 6.92 Å². The molecule has 1 atom stereocenters. The van der Waals surface area contributed by atoms with Crippen LogP contribution in [0.5, 0.6) is 0 Å². The Morgan fingerprint density at radius 2 is 2.46 bits per heavy atom. The van der Waals surface area contributed by atoms with E-state index < -0.39 is 11.9 Å². The van der Waals surface area contributed by atoms with Gasteiger partial charge in [0.25, 0.3) is 0 Å². The van der Waals surface area contributed by atoms with Gasteiger partial charge in [-0.1, -0.05) is 0 Å². The molecule has 4 nitrogen and oxygen atoms in total. The summed E-state index contributed by atoms with van der Waals surface area (Å²) in [5.41, 5.74) is 0. The van der Waals surface area contributed by atoms with E-state index in [1.165, 1.54) is 6.20 Å². The first-order valence-electron chi connectivity index (χ1n) is 4.37. The summed E-state index contributed by atoms with van der Waals surface area (Å²) in [5, 5.41) is 8.71. The van der Waals surface area contributed by atoms with Gasteiger partial charge in [-0.15, -0.1) is 0 Å². The predicted octanol–water partition coefficient (Wildman–Crippen LogP) is 1.74. The Kier molecular flexibility index (Phi) is 1.83. The molecule has 0 aliphatic heterocycles. The van der Waals surface area contributed by atoms with Crippen LogP contribution in [0, 0.1) is 0 Å². The van der Waals surface area contributed by atoms with Crippen molar-refractivity contribution in [2.45, 2.75) is 31.6 Å². The highest BCUT2D eigenvalue weighted by Crippen LogP contribution is 2.40. The molecule has 1 unspecified atom stereocenters. The third-order valence-electron chi connectivity index (χ3n) is 2.27. The van der Waals surface area contributed by atoms with E-state index in [2.05, 4.69) is 4.98 Å². The lowest BCUT2D eigenvalue weighted by atomic mass is 10.1. The lowest BCUT2D eigenvalue weighted by molar-refractivity contribution is -0.138. The van der Waals surface area contributed by atoms with Crippen LogP contribution in [0.2, 0.25) is 0 Å². The molecule has 0 bridgehead atoms. The monoisotopic (exact) mass is 181 g/mol. The third-order valence-corrected chi connectivity index (χ3v) is 2.27. The maximum absolute atomic E-state index is 10.6. The van der Waals surface area contributed by atoms with Crippen molar-refractivity contribution in [2.75, 3.05) is 0 Å². The molecule has 13 heavy (non-hydrogen) atoms. The summed E-state index contributed by atoms with van der Waals surface area (Å²) >= 11 is 0. The molecule has 4 heteroatoms. The van der Waals surface area contributed by atoms with Crippen LogP contribution in [-0.4, -0.2) is 16.1 Å². The molecule has 1 N–H and O–H groups in total. The highest BCUT2D eigenvalue weighted by atomic mass is 16.4. The molecular weight excluding hydrogens is 170 g/mol. The van der Waals surface area contributed by atoms with E-state index in [0.29, 0.717) is 17.6 Å². The fraction of sp³-hybridized carbons (Fsp3) is 0.556. The Labute approximate surface area is 75.6 Å². The summed E-state index contributed by atoms with van der Waals surface area (Å²) in [6, 6.07) is 0. The maximum atomic E-state index is 10.6. The summed E-state index contributed by atoms with van der Waals surface area (Å²) in [7, 11) is 0. The first-order valence-corrected chi connectivity index (χ1v) is 4.37. The van der Waals surface area contributed by atoms with Crippen LogP contribution in [-0.2, 0) is 4.79 Å². The van der Waals surface area contributed by atoms with Gasteiger partial charge in [0.15, 0.2) is 5.89 Å². The van der Waals surface area contributed by atoms with Gasteiger partial charge in [-0.25, -0.2) is 4.98 Å². The number of oxazole rings is 1. The second-order valence-corrected chi connectivity index (χ2v) is 3.44. The first kappa shape index (κ1) is 8.29. The van der Waals surface area contributed by atoms with Crippen molar-refractivity contribution in [3.63, 3.8) is 0 Å². The number of hydrogen-bond donors (Lipinski definition) is 1. The number of carboxylic acids is 1. The third kappa shape index (κ3) is 1.56. The standard InChI is InChI=1S/C9H11NO3/c1-5(9(11)12)7-4-10-8(13-7)6-2-3-6/h4-6H,2-3H2,1H3,(H,11,12). The van der Waals surface area contributed by atoms with Crippen LogP contribution in [0.4, 0.5) is 0 Å². The van der Waals surface area contributed by atoms with Crippen molar-refractivity contribution in [1.82, 2.24) is 4.98 Å². The molecule has 1 fully saturated rings. The lowest BCUT2D eigenvalue weighted by Gasteiger charge is -1.99. The number of aliphatic carboxylic acids is 1. The second-order valence-electron chi connectivity index (χ2n) is 3.44. The van der Waals surface area contributed by atoms with E-state index in [1.807, 2.05) is 0 Å². The van der Waals surface area contributed by atoms with Gasteiger partial charge >= 0.3 is 5.97 Å². The molecule has 1 aliphatic carbocycles. The van der Waals surface area contributed by atoms with E-state index >= 15 is 0 Å². The van der Waals surface area contributed by atoms with Gasteiger partial charge in [0, 0.05) is 5.92 Å². The van der Waals surface area contributed by atoms with Gasteiger partial charge < -0.3 is 9.52 Å². The van der Waals surface area contributed by atoms with Crippen LogP contribution in [0.3, 0.4) is 0 Å². The van der Waals surface area contributed by atoms with Crippen molar-refractivity contribution in [2.24, 2.45) is 0 Å². The minimum atomic E-state index is -0.876. The van der Waals surface area contributed by atoms with Crippen molar-refractivity contribution in [3.05, 3.63) is 17.8 Å². The van der Waals surface area contributed by atoms with Gasteiger partial charge in [0.05, 0.1) is 6.20 Å². The van der Waals surface area contributed by atoms with E-state index in [0.717, 1.165) is 12.8 Å². The van der Waals surface area contributed by atoms with Crippen LogP contribution in [0.1, 0.15) is 43.3 Å². The van der Waals surface area contributed by atoms with Crippen LogP contribution in [0.15, 0.2) is 10.6 Å². The minimum absolute atomic E-state index is 0.440. The van der Waals surface area contributed by atoms with Crippen LogP contribution >= 0.6 is 0 Å². The van der Waals surface area contributed by atoms with Crippen LogP contribution in [0.25, 0.3) is 0 Å². The number of nitrogens with zero attached hydrogens (tertiary/aromatic N) is 1. The number of aromatic nitrogens is 1. The first-order chi connectivity index (χ1) is 6.18. The fourth-order valence-electron chi connectivity index (χ4n) is 1.14. The Bertz CT molecular complexity index is 327. The molecular formula is C9H11NO3. The van der Waals surface area contributed by atoms with Gasteiger partial charge in [0.1, 0.15) is 11.7 Å². The number of rotatable bonds is 3. The predicted molar refractivity (Wildman–Crippen MR) is 44.5 cm³/mol. The Balaban J connectivity index is 2.16. The maximum Gasteiger partial charge on any atom is 0.313 e. The van der Waals surface area contributed by atoms with E-state index in [4.69, 9.17) is 9.52 Å². The van der Waals surface area contributed by atoms with E-state index in [9.17, 15) is 4.79 Å². The Morgan fingerprint density at radius 3 is 3.00 bits per heavy atom. The summed E-state index contributed by atoms with van der Waals surface area (Å²) in [6.45, 7) is 1.60. The molecule has 1 aromatic heterocycles. The quantitative estimate of drug-likeness (QED) is 0.771. The van der Waals surface area contributed by atoms with Gasteiger partial charge in [0.2, 0.25) is 0 Å². The lowest BCUT2D eigenvalue weighted by Crippen LogP contribution is -2.05. The Hall–Kier alpha value is -1.32. The summed E-state index contributed by atoms with van der Waals surface area (Å²) in [6.07, 6.45) is 3.75. The topological polar surface area (TPSA) is 63.3 Å². The molecule has 1 aliphatic rings. The minimum Gasteiger partial charge on any atom is -0.481 e. The molecule has 0 aromatic carbocycles. The zero-order valence-corrected chi connectivity index (χ0v) is 7.36. The zero-order chi connectivity index (χ0) is 9.42. The highest BCUT2D eigenvalue weighted by molar-refractivity contribution is 5.74. The van der Waals surface area contributed by atoms with E-state index in [-0.39, 0.29) is 0 Å². The summed E-state index contributed by atoms with van der Waals surface area (Å²) in [4.78, 5) is 14.7. The SMILES string of the molecule is CC(C(=O)O)c1cnc(C2CC2)o1. The number of carboxylic acid groups (broad SMARTS) is 1. The molecule has 0 spiro atoms. The van der Waals surface area contributed by atoms with Crippen molar-refractivity contribution >= 4 is 5.97 Å². The van der Waals surface area contributed by atoms with Gasteiger partial charge in [-0.3, -0.25) is 4.79 Å². The smallest absolute Gasteiger partial charge is 0.313 e. The summed E-state index contributed by atoms with van der Waals surface area (Å²) < 4.78 is 5.34. The molecule has 0 radical (unpaired) electrons. The average Bonchev–Trinajstić information content (AvgIpc) is 2.83. The van der Waals surface area contributed by atoms with Crippen molar-refractivity contribution < 1.29 is 14.3 Å². The molecule has 1 saturated carbocycles. The molecule has 70 valence electrons. The highest BCUT2D eigenvalue weighted by Gasteiger charge is 2.29. The molecule has 1 heterocycles. The van der Waals surface area contributed by atoms with Crippen molar-refractivity contribution in [3.8, 4) is 0 Å². The summed E-state index contributed by atoms with van der Waals surface area (Å²) in [5.74, 6) is 0.116. The second kappa shape index (κ2) is 2.87. The normalized spacial score (nSPS) is 18.5. The number of carbonyl (C=O) groups is 1. The zero-order valence-electron chi connectivity index (χ0n) is 7.36. The largest absolute Gasteiger partial charge is 0.481 e. The van der Waals surface area contributed by atoms with Crippen molar-refractivity contribution in [1.29, 1.82) is 0 Å². The van der Waals surface area contributed by atoms with Crippen LogP contribution < -0.4 is 0 Å².